The minimum absolute atomic E-state index is 0.188. The van der Waals surface area contributed by atoms with Crippen LogP contribution in [0.1, 0.15) is 23.6 Å². The molecule has 0 unspecified atom stereocenters. The van der Waals surface area contributed by atoms with Crippen molar-refractivity contribution in [3.8, 4) is 0 Å². The molecular formula is C10H14FN. The van der Waals surface area contributed by atoms with Gasteiger partial charge in [0.15, 0.2) is 0 Å². The summed E-state index contributed by atoms with van der Waals surface area (Å²) in [5, 5.41) is 0. The molecule has 0 radical (unpaired) electrons. The van der Waals surface area contributed by atoms with Gasteiger partial charge in [-0.05, 0) is 30.5 Å². The smallest absolute Gasteiger partial charge is 0.127 e. The Bertz CT molecular complexity index is 256. The Labute approximate surface area is 72.4 Å². The summed E-state index contributed by atoms with van der Waals surface area (Å²) in [6.07, 6.45) is 0.930. The third-order valence-electron chi connectivity index (χ3n) is 2.11. The number of rotatable bonds is 2. The number of hydrogen-bond acceptors (Lipinski definition) is 1. The number of aryl methyl sites for hydroxylation is 2. The van der Waals surface area contributed by atoms with Crippen molar-refractivity contribution in [3.05, 3.63) is 34.6 Å². The molecule has 0 saturated heterocycles. The van der Waals surface area contributed by atoms with Crippen LogP contribution in [0.2, 0.25) is 0 Å². The van der Waals surface area contributed by atoms with Gasteiger partial charge in [-0.15, -0.1) is 0 Å². The van der Waals surface area contributed by atoms with Gasteiger partial charge < -0.3 is 5.73 Å². The lowest BCUT2D eigenvalue weighted by atomic mass is 10.0. The maximum atomic E-state index is 13.1. The molecule has 1 nitrogen and oxygen atoms in total. The summed E-state index contributed by atoms with van der Waals surface area (Å²) in [5.41, 5.74) is 8.18. The fourth-order valence-electron chi connectivity index (χ4n) is 1.31. The second kappa shape index (κ2) is 3.68. The second-order valence-corrected chi connectivity index (χ2v) is 2.93. The summed E-state index contributed by atoms with van der Waals surface area (Å²) in [4.78, 5) is 0. The van der Waals surface area contributed by atoms with Gasteiger partial charge in [0.25, 0.3) is 0 Å². The Kier molecular flexibility index (Phi) is 2.82. The number of nitrogens with two attached hydrogens (primary N) is 1. The van der Waals surface area contributed by atoms with Gasteiger partial charge in [-0.2, -0.15) is 0 Å². The normalized spacial score (nSPS) is 10.3. The van der Waals surface area contributed by atoms with Gasteiger partial charge in [-0.1, -0.05) is 13.0 Å². The molecule has 0 heterocycles. The summed E-state index contributed by atoms with van der Waals surface area (Å²) >= 11 is 0. The van der Waals surface area contributed by atoms with Crippen LogP contribution in [-0.2, 0) is 13.0 Å². The molecule has 0 fully saturated rings. The predicted molar refractivity (Wildman–Crippen MR) is 48.4 cm³/mol. The Balaban J connectivity index is 3.18. The average Bonchev–Trinajstić information content (AvgIpc) is 2.05. The van der Waals surface area contributed by atoms with E-state index in [9.17, 15) is 4.39 Å². The Morgan fingerprint density at radius 3 is 2.50 bits per heavy atom. The third kappa shape index (κ3) is 1.64. The van der Waals surface area contributed by atoms with Gasteiger partial charge in [0.2, 0.25) is 0 Å². The van der Waals surface area contributed by atoms with Gasteiger partial charge in [0.05, 0.1) is 0 Å². The van der Waals surface area contributed by atoms with Gasteiger partial charge in [-0.25, -0.2) is 4.39 Å². The SMILES string of the molecule is CCc1cc(CN)c(F)cc1C. The monoisotopic (exact) mass is 167 g/mol. The Morgan fingerprint density at radius 1 is 1.33 bits per heavy atom. The molecule has 2 heteroatoms. The molecule has 0 aliphatic rings. The third-order valence-corrected chi connectivity index (χ3v) is 2.11. The fraction of sp³-hybridized carbons (Fsp3) is 0.400. The van der Waals surface area contributed by atoms with Crippen molar-refractivity contribution in [1.82, 2.24) is 0 Å². The second-order valence-electron chi connectivity index (χ2n) is 2.93. The minimum Gasteiger partial charge on any atom is -0.326 e. The number of hydrogen-bond donors (Lipinski definition) is 1. The van der Waals surface area contributed by atoms with E-state index in [0.29, 0.717) is 5.56 Å². The highest BCUT2D eigenvalue weighted by molar-refractivity contribution is 5.32. The van der Waals surface area contributed by atoms with Crippen LogP contribution in [0.4, 0.5) is 4.39 Å². The van der Waals surface area contributed by atoms with Crippen LogP contribution >= 0.6 is 0 Å². The van der Waals surface area contributed by atoms with E-state index in [1.165, 1.54) is 5.56 Å². The summed E-state index contributed by atoms with van der Waals surface area (Å²) in [6.45, 7) is 4.25. The molecule has 1 aromatic carbocycles. The van der Waals surface area contributed by atoms with Crippen molar-refractivity contribution in [2.75, 3.05) is 0 Å². The van der Waals surface area contributed by atoms with E-state index in [-0.39, 0.29) is 12.4 Å². The van der Waals surface area contributed by atoms with Crippen LogP contribution in [0.5, 0.6) is 0 Å². The van der Waals surface area contributed by atoms with Crippen LogP contribution in [0.3, 0.4) is 0 Å². The first kappa shape index (κ1) is 9.20. The van der Waals surface area contributed by atoms with E-state index in [0.717, 1.165) is 12.0 Å². The summed E-state index contributed by atoms with van der Waals surface area (Å²) in [6, 6.07) is 3.41. The van der Waals surface area contributed by atoms with Crippen molar-refractivity contribution in [1.29, 1.82) is 0 Å². The molecule has 1 aromatic rings. The number of halogens is 1. The fourth-order valence-corrected chi connectivity index (χ4v) is 1.31. The van der Waals surface area contributed by atoms with Crippen molar-refractivity contribution in [2.45, 2.75) is 26.8 Å². The molecule has 0 aliphatic carbocycles. The quantitative estimate of drug-likeness (QED) is 0.717. The Morgan fingerprint density at radius 2 is 2.00 bits per heavy atom. The first-order valence-corrected chi connectivity index (χ1v) is 4.17. The van der Waals surface area contributed by atoms with Gasteiger partial charge in [0.1, 0.15) is 5.82 Å². The van der Waals surface area contributed by atoms with Crippen molar-refractivity contribution in [2.24, 2.45) is 5.73 Å². The molecule has 0 amide bonds. The largest absolute Gasteiger partial charge is 0.326 e. The molecule has 1 rings (SSSR count). The lowest BCUT2D eigenvalue weighted by Crippen LogP contribution is -2.02. The molecule has 12 heavy (non-hydrogen) atoms. The van der Waals surface area contributed by atoms with Gasteiger partial charge >= 0.3 is 0 Å². The van der Waals surface area contributed by atoms with Crippen molar-refractivity contribution >= 4 is 0 Å². The van der Waals surface area contributed by atoms with E-state index >= 15 is 0 Å². The van der Waals surface area contributed by atoms with E-state index < -0.39 is 0 Å². The predicted octanol–water partition coefficient (Wildman–Crippen LogP) is 2.16. The molecule has 0 atom stereocenters. The van der Waals surface area contributed by atoms with E-state index in [4.69, 9.17) is 5.73 Å². The maximum absolute atomic E-state index is 13.1. The van der Waals surface area contributed by atoms with E-state index in [1.54, 1.807) is 6.07 Å². The van der Waals surface area contributed by atoms with Gasteiger partial charge in [0, 0.05) is 12.1 Å². The topological polar surface area (TPSA) is 26.0 Å². The van der Waals surface area contributed by atoms with Gasteiger partial charge in [-0.3, -0.25) is 0 Å². The summed E-state index contributed by atoms with van der Waals surface area (Å²) < 4.78 is 13.1. The lowest BCUT2D eigenvalue weighted by molar-refractivity contribution is 0.608. The average molecular weight is 167 g/mol. The summed E-state index contributed by atoms with van der Waals surface area (Å²) in [7, 11) is 0. The standard InChI is InChI=1S/C10H14FN/c1-3-8-5-9(6-12)10(11)4-7(8)2/h4-5H,3,6,12H2,1-2H3. The zero-order valence-electron chi connectivity index (χ0n) is 7.52. The molecule has 2 N–H and O–H groups in total. The highest BCUT2D eigenvalue weighted by Gasteiger charge is 2.03. The number of benzene rings is 1. The molecular weight excluding hydrogens is 153 g/mol. The van der Waals surface area contributed by atoms with Crippen molar-refractivity contribution < 1.29 is 4.39 Å². The maximum Gasteiger partial charge on any atom is 0.127 e. The lowest BCUT2D eigenvalue weighted by Gasteiger charge is -2.06. The van der Waals surface area contributed by atoms with Crippen LogP contribution in [0, 0.1) is 12.7 Å². The van der Waals surface area contributed by atoms with E-state index in [1.807, 2.05) is 13.0 Å². The van der Waals surface area contributed by atoms with E-state index in [2.05, 4.69) is 6.92 Å². The zero-order valence-corrected chi connectivity index (χ0v) is 7.52. The van der Waals surface area contributed by atoms with Crippen LogP contribution < -0.4 is 5.73 Å². The molecule has 0 aromatic heterocycles. The molecule has 0 bridgehead atoms. The zero-order chi connectivity index (χ0) is 9.14. The molecule has 0 aliphatic heterocycles. The van der Waals surface area contributed by atoms with Crippen LogP contribution in [0.15, 0.2) is 12.1 Å². The van der Waals surface area contributed by atoms with Crippen LogP contribution in [0.25, 0.3) is 0 Å². The molecule has 0 spiro atoms. The highest BCUT2D eigenvalue weighted by Crippen LogP contribution is 2.15. The first-order chi connectivity index (χ1) is 5.69. The molecule has 0 saturated carbocycles. The molecule has 66 valence electrons. The first-order valence-electron chi connectivity index (χ1n) is 4.17. The minimum atomic E-state index is -0.188. The van der Waals surface area contributed by atoms with Crippen molar-refractivity contribution in [3.63, 3.8) is 0 Å². The summed E-state index contributed by atoms with van der Waals surface area (Å²) in [5.74, 6) is -0.188. The highest BCUT2D eigenvalue weighted by atomic mass is 19.1. The Hall–Kier alpha value is -0.890. The van der Waals surface area contributed by atoms with Crippen LogP contribution in [-0.4, -0.2) is 0 Å².